The number of aromatic nitrogens is 2. The van der Waals surface area contributed by atoms with E-state index in [1.807, 2.05) is 6.92 Å². The zero-order valence-corrected chi connectivity index (χ0v) is 10.4. The van der Waals surface area contributed by atoms with E-state index in [0.29, 0.717) is 11.6 Å². The van der Waals surface area contributed by atoms with Crippen LogP contribution in [-0.4, -0.2) is 9.97 Å². The van der Waals surface area contributed by atoms with Crippen LogP contribution in [0.15, 0.2) is 30.5 Å². The van der Waals surface area contributed by atoms with Crippen molar-refractivity contribution >= 4 is 5.69 Å². The lowest BCUT2D eigenvalue weighted by Crippen LogP contribution is -1.97. The Balaban J connectivity index is 2.36. The molecular weight excluding hydrogens is 210 g/mol. The molecule has 2 aromatic rings. The van der Waals surface area contributed by atoms with Crippen LogP contribution in [0, 0.1) is 6.92 Å². The van der Waals surface area contributed by atoms with E-state index >= 15 is 0 Å². The molecule has 0 aliphatic carbocycles. The summed E-state index contributed by atoms with van der Waals surface area (Å²) in [4.78, 5) is 8.63. The van der Waals surface area contributed by atoms with Gasteiger partial charge in [0.2, 0.25) is 0 Å². The molecule has 0 saturated heterocycles. The lowest BCUT2D eigenvalue weighted by molar-refractivity contribution is 0.867. The second kappa shape index (κ2) is 4.53. The highest BCUT2D eigenvalue weighted by Gasteiger charge is 2.04. The molecule has 0 atom stereocenters. The second-order valence-corrected chi connectivity index (χ2v) is 4.51. The van der Waals surface area contributed by atoms with E-state index in [2.05, 4.69) is 48.1 Å². The summed E-state index contributed by atoms with van der Waals surface area (Å²) in [6.45, 7) is 6.25. The first-order valence-electron chi connectivity index (χ1n) is 5.77. The van der Waals surface area contributed by atoms with Crippen LogP contribution in [0.25, 0.3) is 11.4 Å². The molecule has 0 bridgehead atoms. The third kappa shape index (κ3) is 2.44. The van der Waals surface area contributed by atoms with Gasteiger partial charge in [0.1, 0.15) is 0 Å². The van der Waals surface area contributed by atoms with Gasteiger partial charge in [-0.2, -0.15) is 0 Å². The Hall–Kier alpha value is -1.90. The summed E-state index contributed by atoms with van der Waals surface area (Å²) in [5.74, 6) is 1.27. The van der Waals surface area contributed by atoms with E-state index in [0.717, 1.165) is 17.1 Å². The molecule has 0 spiro atoms. The Kier molecular flexibility index (Phi) is 3.09. The molecule has 2 rings (SSSR count). The van der Waals surface area contributed by atoms with Gasteiger partial charge in [-0.15, -0.1) is 0 Å². The van der Waals surface area contributed by atoms with Crippen LogP contribution in [0.5, 0.6) is 0 Å². The topological polar surface area (TPSA) is 51.8 Å². The minimum Gasteiger partial charge on any atom is -0.396 e. The number of aryl methyl sites for hydroxylation is 1. The van der Waals surface area contributed by atoms with Crippen LogP contribution in [0.1, 0.15) is 31.0 Å². The van der Waals surface area contributed by atoms with Crippen LogP contribution in [0.2, 0.25) is 0 Å². The Bertz CT molecular complexity index is 515. The summed E-state index contributed by atoms with van der Waals surface area (Å²) in [6, 6.07) is 8.35. The van der Waals surface area contributed by atoms with E-state index in [1.54, 1.807) is 6.20 Å². The molecule has 0 aliphatic heterocycles. The minimum atomic E-state index is 0.540. The maximum absolute atomic E-state index is 5.71. The van der Waals surface area contributed by atoms with Gasteiger partial charge >= 0.3 is 0 Å². The van der Waals surface area contributed by atoms with E-state index < -0.39 is 0 Å². The van der Waals surface area contributed by atoms with Crippen molar-refractivity contribution < 1.29 is 0 Å². The van der Waals surface area contributed by atoms with Gasteiger partial charge in [-0.1, -0.05) is 38.1 Å². The van der Waals surface area contributed by atoms with Crippen LogP contribution in [-0.2, 0) is 0 Å². The Labute approximate surface area is 102 Å². The number of rotatable bonds is 2. The molecule has 0 amide bonds. The summed E-state index contributed by atoms with van der Waals surface area (Å²) in [5.41, 5.74) is 9.51. The highest BCUT2D eigenvalue weighted by atomic mass is 14.9. The Morgan fingerprint density at radius 2 is 1.76 bits per heavy atom. The van der Waals surface area contributed by atoms with Crippen molar-refractivity contribution in [2.75, 3.05) is 5.73 Å². The van der Waals surface area contributed by atoms with E-state index in [-0.39, 0.29) is 0 Å². The van der Waals surface area contributed by atoms with E-state index in [9.17, 15) is 0 Å². The quantitative estimate of drug-likeness (QED) is 0.857. The second-order valence-electron chi connectivity index (χ2n) is 4.51. The third-order valence-electron chi connectivity index (χ3n) is 2.85. The summed E-state index contributed by atoms with van der Waals surface area (Å²) in [5, 5.41) is 0. The summed E-state index contributed by atoms with van der Waals surface area (Å²) < 4.78 is 0. The molecule has 17 heavy (non-hydrogen) atoms. The molecule has 2 N–H and O–H groups in total. The molecule has 0 fully saturated rings. The van der Waals surface area contributed by atoms with Crippen molar-refractivity contribution in [1.29, 1.82) is 0 Å². The summed E-state index contributed by atoms with van der Waals surface area (Å²) >= 11 is 0. The largest absolute Gasteiger partial charge is 0.396 e. The van der Waals surface area contributed by atoms with Crippen molar-refractivity contribution in [1.82, 2.24) is 9.97 Å². The van der Waals surface area contributed by atoms with Gasteiger partial charge in [0, 0.05) is 5.56 Å². The Morgan fingerprint density at radius 1 is 1.12 bits per heavy atom. The van der Waals surface area contributed by atoms with Crippen molar-refractivity contribution in [3.05, 3.63) is 41.7 Å². The lowest BCUT2D eigenvalue weighted by Gasteiger charge is -2.07. The Morgan fingerprint density at radius 3 is 2.29 bits per heavy atom. The number of nitrogens with zero attached hydrogens (tertiary/aromatic N) is 2. The maximum Gasteiger partial charge on any atom is 0.159 e. The molecule has 0 aliphatic rings. The molecular formula is C14H17N3. The van der Waals surface area contributed by atoms with Gasteiger partial charge in [-0.05, 0) is 18.4 Å². The summed E-state index contributed by atoms with van der Waals surface area (Å²) in [7, 11) is 0. The van der Waals surface area contributed by atoms with Crippen LogP contribution >= 0.6 is 0 Å². The number of nitrogens with two attached hydrogens (primary N) is 1. The van der Waals surface area contributed by atoms with Crippen molar-refractivity contribution in [3.8, 4) is 11.4 Å². The average molecular weight is 227 g/mol. The van der Waals surface area contributed by atoms with E-state index in [1.165, 1.54) is 5.56 Å². The SMILES string of the molecule is Cc1nc(-c2ccc(C(C)C)cc2)ncc1N. The molecule has 1 aromatic carbocycles. The number of anilines is 1. The molecule has 88 valence electrons. The molecule has 0 saturated carbocycles. The predicted octanol–water partition coefficient (Wildman–Crippen LogP) is 3.16. The first-order valence-corrected chi connectivity index (χ1v) is 5.77. The van der Waals surface area contributed by atoms with Gasteiger partial charge in [0.05, 0.1) is 17.6 Å². The number of hydrogen-bond donors (Lipinski definition) is 1. The van der Waals surface area contributed by atoms with Gasteiger partial charge < -0.3 is 5.73 Å². The van der Waals surface area contributed by atoms with Crippen LogP contribution < -0.4 is 5.73 Å². The molecule has 0 radical (unpaired) electrons. The summed E-state index contributed by atoms with van der Waals surface area (Å²) in [6.07, 6.45) is 1.66. The van der Waals surface area contributed by atoms with Gasteiger partial charge in [0.25, 0.3) is 0 Å². The number of hydrogen-bond acceptors (Lipinski definition) is 3. The minimum absolute atomic E-state index is 0.540. The number of benzene rings is 1. The standard InChI is InChI=1S/C14H17N3/c1-9(2)11-4-6-12(7-5-11)14-16-8-13(15)10(3)17-14/h4-9H,15H2,1-3H3. The maximum atomic E-state index is 5.71. The first-order chi connectivity index (χ1) is 8.08. The fourth-order valence-electron chi connectivity index (χ4n) is 1.63. The van der Waals surface area contributed by atoms with Gasteiger partial charge in [-0.3, -0.25) is 0 Å². The molecule has 3 heteroatoms. The van der Waals surface area contributed by atoms with Gasteiger partial charge in [0.15, 0.2) is 5.82 Å². The lowest BCUT2D eigenvalue weighted by atomic mass is 10.0. The van der Waals surface area contributed by atoms with Crippen LogP contribution in [0.4, 0.5) is 5.69 Å². The normalized spacial score (nSPS) is 10.8. The molecule has 1 aromatic heterocycles. The van der Waals surface area contributed by atoms with E-state index in [4.69, 9.17) is 5.73 Å². The first kappa shape index (κ1) is 11.6. The molecule has 0 unspecified atom stereocenters. The smallest absolute Gasteiger partial charge is 0.159 e. The van der Waals surface area contributed by atoms with Crippen molar-refractivity contribution in [2.45, 2.75) is 26.7 Å². The molecule has 3 nitrogen and oxygen atoms in total. The fraction of sp³-hybridized carbons (Fsp3) is 0.286. The zero-order chi connectivity index (χ0) is 12.4. The van der Waals surface area contributed by atoms with Crippen LogP contribution in [0.3, 0.4) is 0 Å². The van der Waals surface area contributed by atoms with Gasteiger partial charge in [-0.25, -0.2) is 9.97 Å². The zero-order valence-electron chi connectivity index (χ0n) is 10.4. The number of nitrogen functional groups attached to an aromatic ring is 1. The highest BCUT2D eigenvalue weighted by molar-refractivity contribution is 5.57. The fourth-order valence-corrected chi connectivity index (χ4v) is 1.63. The molecule has 1 heterocycles. The third-order valence-corrected chi connectivity index (χ3v) is 2.85. The average Bonchev–Trinajstić information content (AvgIpc) is 2.33. The van der Waals surface area contributed by atoms with Crippen molar-refractivity contribution in [3.63, 3.8) is 0 Å². The highest BCUT2D eigenvalue weighted by Crippen LogP contribution is 2.20. The van der Waals surface area contributed by atoms with Crippen molar-refractivity contribution in [2.24, 2.45) is 0 Å². The monoisotopic (exact) mass is 227 g/mol. The predicted molar refractivity (Wildman–Crippen MR) is 70.7 cm³/mol.